The van der Waals surface area contributed by atoms with Crippen LogP contribution in [0.3, 0.4) is 0 Å². The molecule has 2 aliphatic carbocycles. The zero-order chi connectivity index (χ0) is 19.5. The van der Waals surface area contributed by atoms with E-state index in [1.54, 1.807) is 0 Å². The number of imide groups is 1. The SMILES string of the molecule is CCNC(=NCCC1=CCOCC1)NCCN1C(=O)C2C3C=CC(C3)C2C1=O. The van der Waals surface area contributed by atoms with Crippen LogP contribution in [0.1, 0.15) is 26.2 Å². The van der Waals surface area contributed by atoms with Crippen LogP contribution in [0.2, 0.25) is 0 Å². The van der Waals surface area contributed by atoms with Crippen LogP contribution in [-0.2, 0) is 14.3 Å². The molecule has 0 spiro atoms. The Hall–Kier alpha value is -2.15. The lowest BCUT2D eigenvalue weighted by Crippen LogP contribution is -2.43. The van der Waals surface area contributed by atoms with Crippen molar-refractivity contribution in [2.24, 2.45) is 28.7 Å². The van der Waals surface area contributed by atoms with Gasteiger partial charge in [0, 0.05) is 26.2 Å². The van der Waals surface area contributed by atoms with Gasteiger partial charge in [0.25, 0.3) is 0 Å². The molecular weight excluding hydrogens is 356 g/mol. The standard InChI is InChI=1S/C21H30N4O3/c1-2-22-21(23-8-5-14-6-11-28-12-7-14)24-9-10-25-19(26)17-15-3-4-16(13-15)18(17)20(25)27/h3-4,6,15-18H,2,5,7-13H2,1H3,(H2,22,23,24). The quantitative estimate of drug-likeness (QED) is 0.296. The molecule has 1 saturated heterocycles. The molecule has 0 aromatic heterocycles. The third kappa shape index (κ3) is 3.72. The molecule has 0 aromatic rings. The van der Waals surface area contributed by atoms with Gasteiger partial charge in [-0.2, -0.15) is 0 Å². The number of carbonyl (C=O) groups excluding carboxylic acids is 2. The van der Waals surface area contributed by atoms with Gasteiger partial charge in [0.2, 0.25) is 11.8 Å². The van der Waals surface area contributed by atoms with E-state index in [0.29, 0.717) is 26.2 Å². The van der Waals surface area contributed by atoms with Crippen molar-refractivity contribution in [2.45, 2.75) is 26.2 Å². The predicted octanol–water partition coefficient (Wildman–Crippen LogP) is 1.09. The fourth-order valence-corrected chi connectivity index (χ4v) is 4.92. The Morgan fingerprint density at radius 2 is 1.96 bits per heavy atom. The summed E-state index contributed by atoms with van der Waals surface area (Å²) in [4.78, 5) is 31.5. The first-order valence-corrected chi connectivity index (χ1v) is 10.5. The number of guanidine groups is 1. The first kappa shape index (κ1) is 19.2. The zero-order valence-electron chi connectivity index (χ0n) is 16.5. The molecule has 7 nitrogen and oxygen atoms in total. The van der Waals surface area contributed by atoms with Gasteiger partial charge in [0.05, 0.1) is 25.0 Å². The van der Waals surface area contributed by atoms with Gasteiger partial charge in [-0.1, -0.05) is 23.8 Å². The average molecular weight is 386 g/mol. The van der Waals surface area contributed by atoms with E-state index in [1.807, 2.05) is 6.92 Å². The number of fused-ring (bicyclic) bond motifs is 5. The van der Waals surface area contributed by atoms with E-state index in [4.69, 9.17) is 4.74 Å². The Morgan fingerprint density at radius 3 is 2.61 bits per heavy atom. The second-order valence-corrected chi connectivity index (χ2v) is 7.95. The summed E-state index contributed by atoms with van der Waals surface area (Å²) in [6.07, 6.45) is 9.28. The smallest absolute Gasteiger partial charge is 0.233 e. The third-order valence-corrected chi connectivity index (χ3v) is 6.29. The molecule has 4 rings (SSSR count). The van der Waals surface area contributed by atoms with Crippen molar-refractivity contribution in [1.82, 2.24) is 15.5 Å². The number of likely N-dealkylation sites (tertiary alicyclic amines) is 1. The minimum atomic E-state index is -0.114. The van der Waals surface area contributed by atoms with Crippen molar-refractivity contribution in [1.29, 1.82) is 0 Å². The Bertz CT molecular complexity index is 684. The number of allylic oxidation sites excluding steroid dienone is 2. The highest BCUT2D eigenvalue weighted by atomic mass is 16.5. The second kappa shape index (κ2) is 8.47. The molecule has 152 valence electrons. The van der Waals surface area contributed by atoms with Crippen molar-refractivity contribution in [3.05, 3.63) is 23.8 Å². The molecule has 4 unspecified atom stereocenters. The number of aliphatic imine (C=N–C) groups is 1. The van der Waals surface area contributed by atoms with Gasteiger partial charge in [0.1, 0.15) is 0 Å². The molecule has 28 heavy (non-hydrogen) atoms. The number of carbonyl (C=O) groups is 2. The first-order chi connectivity index (χ1) is 13.7. The Balaban J connectivity index is 1.26. The van der Waals surface area contributed by atoms with Crippen LogP contribution in [0.15, 0.2) is 28.8 Å². The molecule has 0 radical (unpaired) electrons. The number of amides is 2. The van der Waals surface area contributed by atoms with E-state index in [-0.39, 0.29) is 35.5 Å². The minimum absolute atomic E-state index is 0.0158. The highest BCUT2D eigenvalue weighted by Crippen LogP contribution is 2.52. The number of hydrogen-bond donors (Lipinski definition) is 2. The van der Waals surface area contributed by atoms with Gasteiger partial charge < -0.3 is 15.4 Å². The molecule has 4 atom stereocenters. The van der Waals surface area contributed by atoms with Crippen LogP contribution in [0, 0.1) is 23.7 Å². The van der Waals surface area contributed by atoms with Gasteiger partial charge in [0.15, 0.2) is 5.96 Å². The van der Waals surface area contributed by atoms with E-state index in [9.17, 15) is 9.59 Å². The second-order valence-electron chi connectivity index (χ2n) is 7.95. The summed E-state index contributed by atoms with van der Waals surface area (Å²) in [5, 5.41) is 6.49. The summed E-state index contributed by atoms with van der Waals surface area (Å²) in [7, 11) is 0. The van der Waals surface area contributed by atoms with Crippen molar-refractivity contribution in [2.75, 3.05) is 39.4 Å². The molecule has 2 bridgehead atoms. The fourth-order valence-electron chi connectivity index (χ4n) is 4.92. The predicted molar refractivity (Wildman–Crippen MR) is 107 cm³/mol. The summed E-state index contributed by atoms with van der Waals surface area (Å²) in [6, 6.07) is 0. The highest BCUT2D eigenvalue weighted by Gasteiger charge is 2.58. The fraction of sp³-hybridized carbons (Fsp3) is 0.667. The zero-order valence-corrected chi connectivity index (χ0v) is 16.5. The Labute approximate surface area is 166 Å². The van der Waals surface area contributed by atoms with Gasteiger partial charge in [-0.3, -0.25) is 19.5 Å². The van der Waals surface area contributed by atoms with Crippen molar-refractivity contribution in [3.8, 4) is 0 Å². The Kier molecular flexibility index (Phi) is 5.80. The van der Waals surface area contributed by atoms with Crippen LogP contribution in [0.25, 0.3) is 0 Å². The lowest BCUT2D eigenvalue weighted by Gasteiger charge is -2.18. The Morgan fingerprint density at radius 1 is 1.21 bits per heavy atom. The molecule has 2 fully saturated rings. The lowest BCUT2D eigenvalue weighted by molar-refractivity contribution is -0.140. The van der Waals surface area contributed by atoms with Gasteiger partial charge in [-0.15, -0.1) is 0 Å². The maximum Gasteiger partial charge on any atom is 0.233 e. The van der Waals surface area contributed by atoms with E-state index in [1.165, 1.54) is 10.5 Å². The average Bonchev–Trinajstić information content (AvgIpc) is 3.38. The molecular formula is C21H30N4O3. The maximum atomic E-state index is 12.7. The van der Waals surface area contributed by atoms with Gasteiger partial charge >= 0.3 is 0 Å². The molecule has 0 aromatic carbocycles. The van der Waals surface area contributed by atoms with E-state index in [0.717, 1.165) is 38.4 Å². The van der Waals surface area contributed by atoms with Crippen LogP contribution in [0.5, 0.6) is 0 Å². The molecule has 2 amide bonds. The maximum absolute atomic E-state index is 12.7. The number of rotatable bonds is 7. The lowest BCUT2D eigenvalue weighted by atomic mass is 9.85. The van der Waals surface area contributed by atoms with Crippen LogP contribution >= 0.6 is 0 Å². The number of hydrogen-bond acceptors (Lipinski definition) is 4. The molecule has 7 heteroatoms. The van der Waals surface area contributed by atoms with Gasteiger partial charge in [-0.25, -0.2) is 0 Å². The molecule has 1 saturated carbocycles. The largest absolute Gasteiger partial charge is 0.377 e. The van der Waals surface area contributed by atoms with Crippen molar-refractivity contribution in [3.63, 3.8) is 0 Å². The molecule has 2 heterocycles. The first-order valence-electron chi connectivity index (χ1n) is 10.5. The number of nitrogens with one attached hydrogen (secondary N) is 2. The van der Waals surface area contributed by atoms with E-state index in [2.05, 4.69) is 33.9 Å². The van der Waals surface area contributed by atoms with E-state index < -0.39 is 0 Å². The summed E-state index contributed by atoms with van der Waals surface area (Å²) >= 11 is 0. The molecule has 2 N–H and O–H groups in total. The van der Waals surface area contributed by atoms with E-state index >= 15 is 0 Å². The number of nitrogens with zero attached hydrogens (tertiary/aromatic N) is 2. The normalized spacial score (nSPS) is 31.4. The monoisotopic (exact) mass is 386 g/mol. The third-order valence-electron chi connectivity index (χ3n) is 6.29. The van der Waals surface area contributed by atoms with Gasteiger partial charge in [-0.05, 0) is 38.0 Å². The van der Waals surface area contributed by atoms with Crippen LogP contribution in [-0.4, -0.2) is 62.1 Å². The topological polar surface area (TPSA) is 83.0 Å². The summed E-state index contributed by atoms with van der Waals surface area (Å²) in [5.41, 5.74) is 1.40. The summed E-state index contributed by atoms with van der Waals surface area (Å²) in [5.74, 6) is 1.07. The highest BCUT2D eigenvalue weighted by molar-refractivity contribution is 6.06. The summed E-state index contributed by atoms with van der Waals surface area (Å²) < 4.78 is 5.33. The number of ether oxygens (including phenoxy) is 1. The van der Waals surface area contributed by atoms with Crippen molar-refractivity contribution >= 4 is 17.8 Å². The minimum Gasteiger partial charge on any atom is -0.377 e. The molecule has 4 aliphatic rings. The molecule has 2 aliphatic heterocycles. The van der Waals surface area contributed by atoms with Crippen molar-refractivity contribution < 1.29 is 14.3 Å². The van der Waals surface area contributed by atoms with Crippen LogP contribution < -0.4 is 10.6 Å². The summed E-state index contributed by atoms with van der Waals surface area (Å²) in [6.45, 7) is 5.92. The van der Waals surface area contributed by atoms with Crippen LogP contribution in [0.4, 0.5) is 0 Å².